The second kappa shape index (κ2) is 10.3. The smallest absolute Gasteiger partial charge is 0.246 e. The number of nitrogen functional groups attached to an aromatic ring is 1. The first-order valence-electron chi connectivity index (χ1n) is 11.8. The van der Waals surface area contributed by atoms with Crippen molar-refractivity contribution in [3.63, 3.8) is 0 Å². The maximum atomic E-state index is 12.7. The zero-order valence-electron chi connectivity index (χ0n) is 19.6. The van der Waals surface area contributed by atoms with Gasteiger partial charge in [-0.25, -0.2) is 14.6 Å². The summed E-state index contributed by atoms with van der Waals surface area (Å²) in [7, 11) is 0. The van der Waals surface area contributed by atoms with Crippen LogP contribution in [0.3, 0.4) is 0 Å². The van der Waals surface area contributed by atoms with Crippen molar-refractivity contribution in [2.75, 3.05) is 12.3 Å². The highest BCUT2D eigenvalue weighted by atomic mass is 16.5. The summed E-state index contributed by atoms with van der Waals surface area (Å²) in [6, 6.07) is 19.2. The van der Waals surface area contributed by atoms with Crippen LogP contribution in [-0.2, 0) is 11.3 Å². The molecule has 1 fully saturated rings. The SMILES string of the molecule is N#CC/C=C\C(=O)N1CCC[C@@H]1Cn1nc(-c2ccc(Oc3ccccc3)cc2)c2c(N)ncnc21. The molecular weight excluding hydrogens is 454 g/mol. The number of nitrogens with two attached hydrogens (primary N) is 1. The van der Waals surface area contributed by atoms with Gasteiger partial charge >= 0.3 is 0 Å². The van der Waals surface area contributed by atoms with Gasteiger partial charge in [0.25, 0.3) is 0 Å². The van der Waals surface area contributed by atoms with Crippen LogP contribution in [0.25, 0.3) is 22.3 Å². The number of allylic oxidation sites excluding steroid dienone is 1. The van der Waals surface area contributed by atoms with Crippen LogP contribution in [0, 0.1) is 11.3 Å². The largest absolute Gasteiger partial charge is 0.457 e. The Kier molecular flexibility index (Phi) is 6.58. The molecule has 180 valence electrons. The van der Waals surface area contributed by atoms with Gasteiger partial charge in [0, 0.05) is 18.2 Å². The Hall–Kier alpha value is -4.71. The Labute approximate surface area is 208 Å². The maximum Gasteiger partial charge on any atom is 0.246 e. The number of carbonyl (C=O) groups excluding carboxylic acids is 1. The molecule has 4 aromatic rings. The van der Waals surface area contributed by atoms with Crippen LogP contribution < -0.4 is 10.5 Å². The number of ether oxygens (including phenoxy) is 1. The van der Waals surface area contributed by atoms with Crippen LogP contribution in [-0.4, -0.2) is 43.1 Å². The molecule has 1 saturated heterocycles. The van der Waals surface area contributed by atoms with E-state index in [1.54, 1.807) is 6.08 Å². The van der Waals surface area contributed by atoms with Gasteiger partial charge < -0.3 is 15.4 Å². The van der Waals surface area contributed by atoms with Gasteiger partial charge in [-0.2, -0.15) is 10.4 Å². The number of benzene rings is 2. The molecule has 2 aromatic carbocycles. The van der Waals surface area contributed by atoms with E-state index in [2.05, 4.69) is 9.97 Å². The topological polar surface area (TPSA) is 123 Å². The standard InChI is InChI=1S/C27H25N7O2/c28-15-5-4-10-23(35)33-16-6-7-20(33)17-34-27-24(26(29)30-18-31-27)25(32-34)19-11-13-22(14-12-19)36-21-8-2-1-3-9-21/h1-4,8-14,18,20H,5-7,16-17H2,(H2,29,30,31)/b10-4-/t20-/m1/s1. The second-order valence-corrected chi connectivity index (χ2v) is 8.52. The third-order valence-electron chi connectivity index (χ3n) is 6.18. The molecule has 0 unspecified atom stereocenters. The van der Waals surface area contributed by atoms with Crippen molar-refractivity contribution in [2.45, 2.75) is 31.8 Å². The van der Waals surface area contributed by atoms with Crippen molar-refractivity contribution in [2.24, 2.45) is 0 Å². The van der Waals surface area contributed by atoms with Crippen molar-refractivity contribution in [1.82, 2.24) is 24.6 Å². The molecule has 1 aliphatic heterocycles. The van der Waals surface area contributed by atoms with E-state index in [-0.39, 0.29) is 18.4 Å². The summed E-state index contributed by atoms with van der Waals surface area (Å²) in [5.74, 6) is 1.73. The van der Waals surface area contributed by atoms with Gasteiger partial charge in [0.2, 0.25) is 5.91 Å². The molecule has 3 heterocycles. The zero-order valence-corrected chi connectivity index (χ0v) is 19.6. The second-order valence-electron chi connectivity index (χ2n) is 8.52. The Bertz CT molecular complexity index is 1440. The predicted octanol–water partition coefficient (Wildman–Crippen LogP) is 4.33. The highest BCUT2D eigenvalue weighted by molar-refractivity contribution is 5.98. The van der Waals surface area contributed by atoms with E-state index in [0.29, 0.717) is 41.4 Å². The molecule has 1 amide bonds. The van der Waals surface area contributed by atoms with E-state index in [1.165, 1.54) is 12.4 Å². The Morgan fingerprint density at radius 2 is 1.92 bits per heavy atom. The number of aromatic nitrogens is 4. The maximum absolute atomic E-state index is 12.7. The monoisotopic (exact) mass is 479 g/mol. The van der Waals surface area contributed by atoms with E-state index < -0.39 is 0 Å². The molecule has 1 aliphatic rings. The number of nitriles is 1. The minimum atomic E-state index is -0.0902. The summed E-state index contributed by atoms with van der Waals surface area (Å²) >= 11 is 0. The molecule has 0 spiro atoms. The molecule has 5 rings (SSSR count). The predicted molar refractivity (Wildman–Crippen MR) is 136 cm³/mol. The molecule has 36 heavy (non-hydrogen) atoms. The number of para-hydroxylation sites is 1. The number of likely N-dealkylation sites (tertiary alicyclic amines) is 1. The quantitative estimate of drug-likeness (QED) is 0.391. The average molecular weight is 480 g/mol. The number of carbonyl (C=O) groups is 1. The van der Waals surface area contributed by atoms with Crippen molar-refractivity contribution in [3.05, 3.63) is 73.1 Å². The minimum absolute atomic E-state index is 0.0296. The normalized spacial score (nSPS) is 15.4. The fourth-order valence-corrected chi connectivity index (χ4v) is 4.49. The van der Waals surface area contributed by atoms with E-state index in [0.717, 1.165) is 24.2 Å². The van der Waals surface area contributed by atoms with Crippen molar-refractivity contribution in [3.8, 4) is 28.8 Å². The van der Waals surface area contributed by atoms with Gasteiger partial charge in [-0.15, -0.1) is 0 Å². The van der Waals surface area contributed by atoms with E-state index in [4.69, 9.17) is 20.8 Å². The number of anilines is 1. The first kappa shape index (κ1) is 23.1. The van der Waals surface area contributed by atoms with E-state index in [9.17, 15) is 4.79 Å². The number of amides is 1. The minimum Gasteiger partial charge on any atom is -0.457 e. The Morgan fingerprint density at radius 3 is 2.69 bits per heavy atom. The summed E-state index contributed by atoms with van der Waals surface area (Å²) in [5.41, 5.74) is 8.43. The van der Waals surface area contributed by atoms with Crippen LogP contribution in [0.15, 0.2) is 73.1 Å². The van der Waals surface area contributed by atoms with Crippen LogP contribution in [0.2, 0.25) is 0 Å². The molecule has 0 radical (unpaired) electrons. The van der Waals surface area contributed by atoms with Gasteiger partial charge in [-0.1, -0.05) is 24.3 Å². The lowest BCUT2D eigenvalue weighted by Gasteiger charge is -2.23. The summed E-state index contributed by atoms with van der Waals surface area (Å²) in [6.45, 7) is 1.16. The molecule has 2 aromatic heterocycles. The van der Waals surface area contributed by atoms with Gasteiger partial charge in [-0.3, -0.25) is 4.79 Å². The highest BCUT2D eigenvalue weighted by Crippen LogP contribution is 2.33. The first-order chi connectivity index (χ1) is 17.6. The van der Waals surface area contributed by atoms with Gasteiger partial charge in [0.05, 0.1) is 30.5 Å². The number of hydrogen-bond donors (Lipinski definition) is 1. The molecule has 2 N–H and O–H groups in total. The van der Waals surface area contributed by atoms with E-state index in [1.807, 2.05) is 70.2 Å². The lowest BCUT2D eigenvalue weighted by atomic mass is 10.1. The summed E-state index contributed by atoms with van der Waals surface area (Å²) in [5, 5.41) is 14.3. The van der Waals surface area contributed by atoms with Crippen LogP contribution in [0.1, 0.15) is 19.3 Å². The third kappa shape index (κ3) is 4.74. The molecule has 1 atom stereocenters. The summed E-state index contributed by atoms with van der Waals surface area (Å²) in [6.07, 6.45) is 6.49. The Balaban J connectivity index is 1.43. The summed E-state index contributed by atoms with van der Waals surface area (Å²) in [4.78, 5) is 23.2. The zero-order chi connectivity index (χ0) is 24.9. The van der Waals surface area contributed by atoms with E-state index >= 15 is 0 Å². The highest BCUT2D eigenvalue weighted by Gasteiger charge is 2.29. The molecule has 9 heteroatoms. The fourth-order valence-electron chi connectivity index (χ4n) is 4.49. The molecule has 0 bridgehead atoms. The van der Waals surface area contributed by atoms with Gasteiger partial charge in [0.1, 0.15) is 29.3 Å². The first-order valence-corrected chi connectivity index (χ1v) is 11.8. The third-order valence-corrected chi connectivity index (χ3v) is 6.18. The Morgan fingerprint density at radius 1 is 1.14 bits per heavy atom. The fraction of sp³-hybridized carbons (Fsp3) is 0.222. The lowest BCUT2D eigenvalue weighted by Crippen LogP contribution is -2.37. The van der Waals surface area contributed by atoms with Gasteiger partial charge in [0.15, 0.2) is 5.65 Å². The molecule has 0 saturated carbocycles. The average Bonchev–Trinajstić information content (AvgIpc) is 3.51. The van der Waals surface area contributed by atoms with Crippen molar-refractivity contribution in [1.29, 1.82) is 5.26 Å². The number of fused-ring (bicyclic) bond motifs is 1. The summed E-state index contributed by atoms with van der Waals surface area (Å²) < 4.78 is 7.72. The van der Waals surface area contributed by atoms with Crippen LogP contribution in [0.4, 0.5) is 5.82 Å². The molecular formula is C27H25N7O2. The van der Waals surface area contributed by atoms with Crippen molar-refractivity contribution < 1.29 is 9.53 Å². The number of nitrogens with zero attached hydrogens (tertiary/aromatic N) is 6. The van der Waals surface area contributed by atoms with Crippen LogP contribution in [0.5, 0.6) is 11.5 Å². The van der Waals surface area contributed by atoms with Gasteiger partial charge in [-0.05, 0) is 49.2 Å². The molecule has 9 nitrogen and oxygen atoms in total. The number of hydrogen-bond acceptors (Lipinski definition) is 7. The number of rotatable bonds is 7. The lowest BCUT2D eigenvalue weighted by molar-refractivity contribution is -0.127. The molecule has 0 aliphatic carbocycles. The van der Waals surface area contributed by atoms with Crippen LogP contribution >= 0.6 is 0 Å². The van der Waals surface area contributed by atoms with Crippen molar-refractivity contribution >= 4 is 22.8 Å².